The van der Waals surface area contributed by atoms with Gasteiger partial charge >= 0.3 is 5.97 Å². The molecular formula is C18H17N5O5. The Balaban J connectivity index is 1.74. The smallest absolute Gasteiger partial charge is 0.337 e. The Morgan fingerprint density at radius 3 is 2.64 bits per heavy atom. The molecule has 3 aromatic rings. The molecule has 1 aromatic carbocycles. The fourth-order valence-corrected chi connectivity index (χ4v) is 2.42. The number of amides is 1. The van der Waals surface area contributed by atoms with Crippen molar-refractivity contribution in [1.29, 1.82) is 0 Å². The molecule has 0 saturated heterocycles. The molecule has 2 heterocycles. The van der Waals surface area contributed by atoms with Gasteiger partial charge in [-0.25, -0.2) is 9.78 Å². The van der Waals surface area contributed by atoms with Crippen LogP contribution in [0.15, 0.2) is 47.1 Å². The highest BCUT2D eigenvalue weighted by Crippen LogP contribution is 2.22. The van der Waals surface area contributed by atoms with Crippen molar-refractivity contribution in [3.8, 4) is 17.3 Å². The number of anilines is 1. The molecule has 3 rings (SSSR count). The highest BCUT2D eigenvalue weighted by Gasteiger charge is 2.28. The van der Waals surface area contributed by atoms with Gasteiger partial charge in [-0.15, -0.1) is 0 Å². The summed E-state index contributed by atoms with van der Waals surface area (Å²) in [6.45, 7) is 1.63. The van der Waals surface area contributed by atoms with Crippen LogP contribution in [0.3, 0.4) is 0 Å². The number of hydrogen-bond donors (Lipinski definition) is 4. The van der Waals surface area contributed by atoms with Crippen LogP contribution in [-0.2, 0) is 4.79 Å². The summed E-state index contributed by atoms with van der Waals surface area (Å²) in [5.74, 6) is -2.09. The zero-order valence-corrected chi connectivity index (χ0v) is 14.7. The molecule has 0 fully saturated rings. The van der Waals surface area contributed by atoms with Gasteiger partial charge in [-0.1, -0.05) is 24.2 Å². The van der Waals surface area contributed by atoms with E-state index in [0.717, 1.165) is 0 Å². The van der Waals surface area contributed by atoms with Gasteiger partial charge in [0.05, 0.1) is 29.4 Å². The second-order valence-corrected chi connectivity index (χ2v) is 6.01. The first kappa shape index (κ1) is 19.0. The van der Waals surface area contributed by atoms with E-state index in [2.05, 4.69) is 20.4 Å². The van der Waals surface area contributed by atoms with Crippen LogP contribution in [-0.4, -0.2) is 43.3 Å². The van der Waals surface area contributed by atoms with Crippen LogP contribution in [0.25, 0.3) is 11.5 Å². The maximum absolute atomic E-state index is 12.5. The predicted molar refractivity (Wildman–Crippen MR) is 97.6 cm³/mol. The van der Waals surface area contributed by atoms with Crippen LogP contribution >= 0.6 is 0 Å². The number of nitrogens with two attached hydrogens (primary N) is 1. The van der Waals surface area contributed by atoms with Crippen molar-refractivity contribution in [1.82, 2.24) is 15.1 Å². The van der Waals surface area contributed by atoms with Crippen LogP contribution in [0.4, 0.5) is 5.69 Å². The lowest BCUT2D eigenvalue weighted by Gasteiger charge is -2.17. The quantitative estimate of drug-likeness (QED) is 0.494. The molecule has 0 aliphatic heterocycles. The molecular weight excluding hydrogens is 366 g/mol. The first-order chi connectivity index (χ1) is 13.4. The number of carboxylic acid groups (broad SMARTS) is 1. The Morgan fingerprint density at radius 2 is 1.96 bits per heavy atom. The third-order valence-corrected chi connectivity index (χ3v) is 4.06. The van der Waals surface area contributed by atoms with Gasteiger partial charge in [0.1, 0.15) is 11.4 Å². The third-order valence-electron chi connectivity index (χ3n) is 4.06. The highest BCUT2D eigenvalue weighted by molar-refractivity contribution is 6.02. The lowest BCUT2D eigenvalue weighted by atomic mass is 10.0. The van der Waals surface area contributed by atoms with E-state index in [4.69, 9.17) is 10.3 Å². The molecule has 10 heteroatoms. The number of aromatic carboxylic acids is 1. The van der Waals surface area contributed by atoms with Gasteiger partial charge in [0.15, 0.2) is 0 Å². The number of nitrogens with zero attached hydrogens (tertiary/aromatic N) is 3. The molecule has 10 nitrogen and oxygen atoms in total. The summed E-state index contributed by atoms with van der Waals surface area (Å²) in [5.41, 5.74) is 6.48. The average molecular weight is 383 g/mol. The standard InChI is InChI=1S/C18H17N5O5/c1-9(17-22-15(23-28-17)13-7-6-10(24)8-20-13)14(19)16(25)21-12-5-3-2-4-11(12)18(26)27/h2-9,14,24H,19H2,1H3,(H,21,25)(H,26,27)/t9?,14-/m0/s1. The summed E-state index contributed by atoms with van der Waals surface area (Å²) in [5, 5.41) is 24.8. The van der Waals surface area contributed by atoms with E-state index >= 15 is 0 Å². The molecule has 0 radical (unpaired) electrons. The van der Waals surface area contributed by atoms with Crippen LogP contribution in [0.2, 0.25) is 0 Å². The first-order valence-electron chi connectivity index (χ1n) is 8.24. The topological polar surface area (TPSA) is 164 Å². The number of para-hydroxylation sites is 1. The lowest BCUT2D eigenvalue weighted by Crippen LogP contribution is -2.40. The average Bonchev–Trinajstić information content (AvgIpc) is 3.17. The summed E-state index contributed by atoms with van der Waals surface area (Å²) >= 11 is 0. The van der Waals surface area contributed by atoms with Crippen molar-refractivity contribution in [3.05, 3.63) is 54.0 Å². The van der Waals surface area contributed by atoms with E-state index in [9.17, 15) is 19.8 Å². The molecule has 28 heavy (non-hydrogen) atoms. The Bertz CT molecular complexity index is 1000. The van der Waals surface area contributed by atoms with Crippen molar-refractivity contribution in [2.75, 3.05) is 5.32 Å². The van der Waals surface area contributed by atoms with E-state index < -0.39 is 23.8 Å². The predicted octanol–water partition coefficient (Wildman–Crippen LogP) is 1.60. The molecule has 2 aromatic heterocycles. The molecule has 1 amide bonds. The minimum atomic E-state index is -1.17. The SMILES string of the molecule is CC(c1nc(-c2ccc(O)cn2)no1)[C@H](N)C(=O)Nc1ccccc1C(=O)O. The fraction of sp³-hybridized carbons (Fsp3) is 0.167. The maximum atomic E-state index is 12.5. The first-order valence-corrected chi connectivity index (χ1v) is 8.24. The summed E-state index contributed by atoms with van der Waals surface area (Å²) in [4.78, 5) is 31.9. The van der Waals surface area contributed by atoms with Crippen LogP contribution in [0.1, 0.15) is 29.1 Å². The molecule has 5 N–H and O–H groups in total. The Hall–Kier alpha value is -3.79. The van der Waals surface area contributed by atoms with Crippen molar-refractivity contribution < 1.29 is 24.3 Å². The number of pyridine rings is 1. The van der Waals surface area contributed by atoms with Crippen molar-refractivity contribution in [2.45, 2.75) is 18.9 Å². The summed E-state index contributed by atoms with van der Waals surface area (Å²) in [6, 6.07) is 7.89. The molecule has 0 aliphatic carbocycles. The van der Waals surface area contributed by atoms with Crippen molar-refractivity contribution >= 4 is 17.6 Å². The summed E-state index contributed by atoms with van der Waals surface area (Å²) in [7, 11) is 0. The monoisotopic (exact) mass is 383 g/mol. The van der Waals surface area contributed by atoms with Crippen LogP contribution in [0, 0.1) is 0 Å². The van der Waals surface area contributed by atoms with Crippen LogP contribution < -0.4 is 11.1 Å². The van der Waals surface area contributed by atoms with E-state index in [1.165, 1.54) is 30.5 Å². The minimum Gasteiger partial charge on any atom is -0.506 e. The van der Waals surface area contributed by atoms with E-state index in [1.54, 1.807) is 19.1 Å². The molecule has 2 atom stereocenters. The highest BCUT2D eigenvalue weighted by atomic mass is 16.5. The number of aromatic hydroxyl groups is 1. The zero-order chi connectivity index (χ0) is 20.3. The van der Waals surface area contributed by atoms with Gasteiger partial charge in [0.2, 0.25) is 17.6 Å². The number of carboxylic acids is 1. The number of hydrogen-bond acceptors (Lipinski definition) is 8. The summed E-state index contributed by atoms with van der Waals surface area (Å²) in [6.07, 6.45) is 1.24. The Morgan fingerprint density at radius 1 is 1.21 bits per heavy atom. The van der Waals surface area contributed by atoms with Crippen molar-refractivity contribution in [2.24, 2.45) is 5.73 Å². The number of benzene rings is 1. The van der Waals surface area contributed by atoms with Gasteiger partial charge in [0, 0.05) is 0 Å². The zero-order valence-electron chi connectivity index (χ0n) is 14.7. The van der Waals surface area contributed by atoms with Crippen molar-refractivity contribution in [3.63, 3.8) is 0 Å². The van der Waals surface area contributed by atoms with Gasteiger partial charge < -0.3 is 25.8 Å². The molecule has 0 bridgehead atoms. The van der Waals surface area contributed by atoms with Crippen LogP contribution in [0.5, 0.6) is 5.75 Å². The maximum Gasteiger partial charge on any atom is 0.337 e. The largest absolute Gasteiger partial charge is 0.506 e. The molecule has 0 saturated carbocycles. The Kier molecular flexibility index (Phi) is 5.32. The van der Waals surface area contributed by atoms with Gasteiger partial charge in [0.25, 0.3) is 0 Å². The Labute approximate surface area is 159 Å². The molecule has 0 aliphatic rings. The summed E-state index contributed by atoms with van der Waals surface area (Å²) < 4.78 is 5.18. The number of rotatable bonds is 6. The second kappa shape index (κ2) is 7.84. The van der Waals surface area contributed by atoms with Gasteiger partial charge in [-0.05, 0) is 24.3 Å². The third kappa shape index (κ3) is 3.96. The molecule has 144 valence electrons. The lowest BCUT2D eigenvalue weighted by molar-refractivity contribution is -0.117. The number of nitrogens with one attached hydrogen (secondary N) is 1. The van der Waals surface area contributed by atoms with Gasteiger partial charge in [-0.2, -0.15) is 4.98 Å². The second-order valence-electron chi connectivity index (χ2n) is 6.01. The van der Waals surface area contributed by atoms with E-state index in [-0.39, 0.29) is 28.7 Å². The van der Waals surface area contributed by atoms with E-state index in [0.29, 0.717) is 5.69 Å². The minimum absolute atomic E-state index is 0.00109. The molecule has 1 unspecified atom stereocenters. The number of carbonyl (C=O) groups is 2. The normalized spacial score (nSPS) is 12.9. The van der Waals surface area contributed by atoms with E-state index in [1.807, 2.05) is 0 Å². The number of carbonyl (C=O) groups excluding carboxylic acids is 1. The number of aromatic nitrogens is 3. The van der Waals surface area contributed by atoms with Gasteiger partial charge in [-0.3, -0.25) is 4.79 Å². The fourth-order valence-electron chi connectivity index (χ4n) is 2.42. The molecule has 0 spiro atoms.